The predicted octanol–water partition coefficient (Wildman–Crippen LogP) is 6.07. The highest BCUT2D eigenvalue weighted by atomic mass is 35.5. The van der Waals surface area contributed by atoms with Gasteiger partial charge < -0.3 is 10.0 Å². The SMILES string of the molecule is CN(C)/C=C\N(C=O)c1ccc(-c2cc(F)cc(-c3cccc(C4(N(C)C)CC4)c3)c2O)cc1Cl. The third-order valence-electron chi connectivity index (χ3n) is 6.54. The Kier molecular flexibility index (Phi) is 6.88. The van der Waals surface area contributed by atoms with Crippen LogP contribution in [0.4, 0.5) is 10.1 Å². The number of hydrogen-bond donors (Lipinski definition) is 1. The van der Waals surface area contributed by atoms with E-state index in [0.29, 0.717) is 33.8 Å². The molecule has 4 rings (SSSR count). The highest BCUT2D eigenvalue weighted by Gasteiger charge is 2.46. The molecule has 3 aromatic rings. The minimum atomic E-state index is -0.462. The zero-order valence-electron chi connectivity index (χ0n) is 20.3. The third kappa shape index (κ3) is 4.90. The van der Waals surface area contributed by atoms with E-state index in [1.54, 1.807) is 35.5 Å². The molecule has 0 aromatic heterocycles. The first-order valence-corrected chi connectivity index (χ1v) is 11.7. The van der Waals surface area contributed by atoms with Crippen molar-refractivity contribution in [2.75, 3.05) is 33.1 Å². The Hall–Kier alpha value is -3.35. The van der Waals surface area contributed by atoms with Gasteiger partial charge in [0.15, 0.2) is 0 Å². The molecule has 1 saturated carbocycles. The van der Waals surface area contributed by atoms with Gasteiger partial charge in [0.2, 0.25) is 6.41 Å². The normalized spacial score (nSPS) is 14.4. The molecule has 0 bridgehead atoms. The number of nitrogens with zero attached hydrogens (tertiary/aromatic N) is 3. The maximum absolute atomic E-state index is 14.8. The second-order valence-corrected chi connectivity index (χ2v) is 9.70. The Morgan fingerprint density at radius 2 is 1.60 bits per heavy atom. The van der Waals surface area contributed by atoms with E-state index in [9.17, 15) is 14.3 Å². The molecule has 5 nitrogen and oxygen atoms in total. The van der Waals surface area contributed by atoms with Gasteiger partial charge in [-0.1, -0.05) is 35.9 Å². The summed E-state index contributed by atoms with van der Waals surface area (Å²) in [6.07, 6.45) is 6.11. The van der Waals surface area contributed by atoms with Crippen LogP contribution >= 0.6 is 11.6 Å². The number of phenolic OH excluding ortho intramolecular Hbond substituents is 1. The molecule has 1 amide bonds. The van der Waals surface area contributed by atoms with Gasteiger partial charge >= 0.3 is 0 Å². The highest BCUT2D eigenvalue weighted by molar-refractivity contribution is 6.34. The first kappa shape index (κ1) is 24.8. The number of hydrogen-bond acceptors (Lipinski definition) is 4. The number of anilines is 1. The van der Waals surface area contributed by atoms with Crippen LogP contribution in [0.15, 0.2) is 67.0 Å². The molecule has 1 N–H and O–H groups in total. The van der Waals surface area contributed by atoms with E-state index in [1.165, 1.54) is 17.0 Å². The first-order chi connectivity index (χ1) is 16.7. The maximum atomic E-state index is 14.8. The van der Waals surface area contributed by atoms with Crippen molar-refractivity contribution in [3.05, 3.63) is 83.4 Å². The average molecular weight is 494 g/mol. The van der Waals surface area contributed by atoms with Crippen LogP contribution in [0.25, 0.3) is 22.3 Å². The van der Waals surface area contributed by atoms with E-state index in [2.05, 4.69) is 25.1 Å². The minimum Gasteiger partial charge on any atom is -0.507 e. The summed E-state index contributed by atoms with van der Waals surface area (Å²) in [6, 6.07) is 15.6. The van der Waals surface area contributed by atoms with E-state index < -0.39 is 5.82 Å². The van der Waals surface area contributed by atoms with Crippen molar-refractivity contribution >= 4 is 23.7 Å². The zero-order chi connectivity index (χ0) is 25.3. The van der Waals surface area contributed by atoms with Crippen molar-refractivity contribution in [1.29, 1.82) is 0 Å². The molecule has 0 radical (unpaired) electrons. The molecule has 0 spiro atoms. The van der Waals surface area contributed by atoms with Gasteiger partial charge in [0.1, 0.15) is 11.6 Å². The van der Waals surface area contributed by atoms with Crippen LogP contribution in [0.3, 0.4) is 0 Å². The molecule has 0 saturated heterocycles. The van der Waals surface area contributed by atoms with Crippen LogP contribution in [-0.4, -0.2) is 49.5 Å². The topological polar surface area (TPSA) is 47.0 Å². The van der Waals surface area contributed by atoms with Gasteiger partial charge in [0.25, 0.3) is 0 Å². The van der Waals surface area contributed by atoms with Crippen molar-refractivity contribution in [3.8, 4) is 28.0 Å². The number of carbonyl (C=O) groups is 1. The van der Waals surface area contributed by atoms with Crippen LogP contribution < -0.4 is 4.90 Å². The Labute approximate surface area is 210 Å². The molecule has 0 atom stereocenters. The van der Waals surface area contributed by atoms with Gasteiger partial charge in [-0.15, -0.1) is 0 Å². The number of amides is 1. The maximum Gasteiger partial charge on any atom is 0.218 e. The highest BCUT2D eigenvalue weighted by Crippen LogP contribution is 2.50. The standard InChI is InChI=1S/C28H29ClFN3O2/c1-31(2)12-13-33(18-34)26-9-8-20(15-25(26)29)24-17-22(30)16-23(27(24)35)19-6-5-7-21(14-19)28(10-11-28)32(3)4/h5-9,12-18,35H,10-11H2,1-4H3/b13-12-. The molecular weight excluding hydrogens is 465 g/mol. The van der Waals surface area contributed by atoms with Gasteiger partial charge in [0.05, 0.1) is 10.7 Å². The fourth-order valence-electron chi connectivity index (χ4n) is 4.39. The van der Waals surface area contributed by atoms with Crippen LogP contribution in [-0.2, 0) is 10.3 Å². The average Bonchev–Trinajstić information content (AvgIpc) is 3.64. The van der Waals surface area contributed by atoms with Gasteiger partial charge in [-0.25, -0.2) is 4.39 Å². The lowest BCUT2D eigenvalue weighted by molar-refractivity contribution is -0.106. The largest absolute Gasteiger partial charge is 0.507 e. The summed E-state index contributed by atoms with van der Waals surface area (Å²) >= 11 is 6.50. The molecule has 1 aliphatic rings. The lowest BCUT2D eigenvalue weighted by atomic mass is 9.94. The molecule has 0 heterocycles. The number of rotatable bonds is 8. The van der Waals surface area contributed by atoms with Crippen molar-refractivity contribution in [2.45, 2.75) is 18.4 Å². The minimum absolute atomic E-state index is 0.00335. The van der Waals surface area contributed by atoms with Crippen molar-refractivity contribution < 1.29 is 14.3 Å². The molecule has 1 fully saturated rings. The van der Waals surface area contributed by atoms with Crippen LogP contribution in [0.5, 0.6) is 5.75 Å². The fourth-order valence-corrected chi connectivity index (χ4v) is 4.67. The summed E-state index contributed by atoms with van der Waals surface area (Å²) in [5.41, 5.74) is 3.66. The second-order valence-electron chi connectivity index (χ2n) is 9.30. The molecule has 0 unspecified atom stereocenters. The Morgan fingerprint density at radius 3 is 2.14 bits per heavy atom. The Balaban J connectivity index is 1.74. The molecule has 3 aromatic carbocycles. The van der Waals surface area contributed by atoms with E-state index in [4.69, 9.17) is 11.6 Å². The lowest BCUT2D eigenvalue weighted by Crippen LogP contribution is -2.27. The van der Waals surface area contributed by atoms with Crippen LogP contribution in [0, 0.1) is 5.82 Å². The number of halogens is 2. The summed E-state index contributed by atoms with van der Waals surface area (Å²) in [7, 11) is 7.81. The monoisotopic (exact) mass is 493 g/mol. The number of carbonyl (C=O) groups excluding carboxylic acids is 1. The summed E-state index contributed by atoms with van der Waals surface area (Å²) in [4.78, 5) is 16.9. The summed E-state index contributed by atoms with van der Waals surface area (Å²) in [5, 5.41) is 11.5. The fraction of sp³-hybridized carbons (Fsp3) is 0.250. The molecular formula is C28H29ClFN3O2. The Bertz CT molecular complexity index is 1290. The number of aromatic hydroxyl groups is 1. The number of benzene rings is 3. The second kappa shape index (κ2) is 9.72. The van der Waals surface area contributed by atoms with Gasteiger partial charge in [-0.2, -0.15) is 0 Å². The van der Waals surface area contributed by atoms with Crippen molar-refractivity contribution in [2.24, 2.45) is 0 Å². The number of phenols is 1. The zero-order valence-corrected chi connectivity index (χ0v) is 21.1. The van der Waals surface area contributed by atoms with Crippen LogP contribution in [0.2, 0.25) is 5.02 Å². The third-order valence-corrected chi connectivity index (χ3v) is 6.84. The summed E-state index contributed by atoms with van der Waals surface area (Å²) in [5.74, 6) is -0.489. The molecule has 35 heavy (non-hydrogen) atoms. The first-order valence-electron chi connectivity index (χ1n) is 11.4. The quantitative estimate of drug-likeness (QED) is 0.387. The van der Waals surface area contributed by atoms with Crippen molar-refractivity contribution in [1.82, 2.24) is 9.80 Å². The molecule has 1 aliphatic carbocycles. The molecule has 7 heteroatoms. The van der Waals surface area contributed by atoms with Crippen molar-refractivity contribution in [3.63, 3.8) is 0 Å². The lowest BCUT2D eigenvalue weighted by Gasteiger charge is -2.25. The van der Waals surface area contributed by atoms with Gasteiger partial charge in [0, 0.05) is 43.2 Å². The van der Waals surface area contributed by atoms with E-state index in [0.717, 1.165) is 24.0 Å². The van der Waals surface area contributed by atoms with Gasteiger partial charge in [-0.3, -0.25) is 14.6 Å². The smallest absolute Gasteiger partial charge is 0.218 e. The molecule has 0 aliphatic heterocycles. The van der Waals surface area contributed by atoms with Gasteiger partial charge in [-0.05, 0) is 74.0 Å². The Morgan fingerprint density at radius 1 is 0.943 bits per heavy atom. The summed E-state index contributed by atoms with van der Waals surface area (Å²) < 4.78 is 14.8. The predicted molar refractivity (Wildman–Crippen MR) is 140 cm³/mol. The summed E-state index contributed by atoms with van der Waals surface area (Å²) in [6.45, 7) is 0. The van der Waals surface area contributed by atoms with E-state index in [1.807, 2.05) is 32.3 Å². The van der Waals surface area contributed by atoms with Crippen LogP contribution in [0.1, 0.15) is 18.4 Å². The molecule has 182 valence electrons. The van der Waals surface area contributed by atoms with E-state index in [-0.39, 0.29) is 11.3 Å². The van der Waals surface area contributed by atoms with E-state index >= 15 is 0 Å².